The van der Waals surface area contributed by atoms with Crippen molar-refractivity contribution in [2.75, 3.05) is 6.54 Å². The Morgan fingerprint density at radius 1 is 1.24 bits per heavy atom. The van der Waals surface area contributed by atoms with Crippen LogP contribution in [0, 0.1) is 5.92 Å². The van der Waals surface area contributed by atoms with E-state index in [2.05, 4.69) is 21.2 Å². The number of carbonyl (C=O) groups excluding carboxylic acids is 1. The van der Waals surface area contributed by atoms with Gasteiger partial charge in [0.25, 0.3) is 5.91 Å². The van der Waals surface area contributed by atoms with Gasteiger partial charge in [-0.1, -0.05) is 47.0 Å². The van der Waals surface area contributed by atoms with Gasteiger partial charge in [-0.15, -0.1) is 0 Å². The van der Waals surface area contributed by atoms with Crippen molar-refractivity contribution in [3.8, 4) is 0 Å². The van der Waals surface area contributed by atoms with E-state index >= 15 is 0 Å². The van der Waals surface area contributed by atoms with Gasteiger partial charge in [0.05, 0.1) is 0 Å². The van der Waals surface area contributed by atoms with Gasteiger partial charge in [-0.2, -0.15) is 0 Å². The topological polar surface area (TPSA) is 29.1 Å². The Bertz CT molecular complexity index is 366. The standard InChI is InChI=1S/C14H18BrNO/c15-13-9-5-4-8-12(13)10-16-14(17)11-6-2-1-3-7-11/h1-3,6-7,12-13H,4-5,8-10H2,(H,16,17). The zero-order chi connectivity index (χ0) is 12.1. The molecule has 17 heavy (non-hydrogen) atoms. The largest absolute Gasteiger partial charge is 0.352 e. The molecule has 1 aromatic rings. The highest BCUT2D eigenvalue weighted by molar-refractivity contribution is 9.09. The van der Waals surface area contributed by atoms with Gasteiger partial charge < -0.3 is 5.32 Å². The normalized spacial score (nSPS) is 24.3. The van der Waals surface area contributed by atoms with Crippen LogP contribution in [0.5, 0.6) is 0 Å². The zero-order valence-electron chi connectivity index (χ0n) is 9.86. The van der Waals surface area contributed by atoms with E-state index in [1.807, 2.05) is 30.3 Å². The van der Waals surface area contributed by atoms with E-state index in [0.717, 1.165) is 12.1 Å². The van der Waals surface area contributed by atoms with Crippen LogP contribution in [0.3, 0.4) is 0 Å². The summed E-state index contributed by atoms with van der Waals surface area (Å²) in [5.74, 6) is 0.618. The number of hydrogen-bond acceptors (Lipinski definition) is 1. The summed E-state index contributed by atoms with van der Waals surface area (Å²) in [5.41, 5.74) is 0.745. The highest BCUT2D eigenvalue weighted by Gasteiger charge is 2.22. The van der Waals surface area contributed by atoms with Crippen LogP contribution in [-0.2, 0) is 0 Å². The molecule has 1 amide bonds. The molecular weight excluding hydrogens is 278 g/mol. The van der Waals surface area contributed by atoms with Gasteiger partial charge in [-0.05, 0) is 30.9 Å². The lowest BCUT2D eigenvalue weighted by atomic mass is 9.89. The summed E-state index contributed by atoms with van der Waals surface area (Å²) >= 11 is 3.71. The Morgan fingerprint density at radius 2 is 1.94 bits per heavy atom. The van der Waals surface area contributed by atoms with Gasteiger partial charge in [0, 0.05) is 16.9 Å². The Kier molecular flexibility index (Phi) is 4.60. The molecule has 3 heteroatoms. The number of hydrogen-bond donors (Lipinski definition) is 1. The third kappa shape index (κ3) is 3.56. The van der Waals surface area contributed by atoms with Gasteiger partial charge >= 0.3 is 0 Å². The van der Waals surface area contributed by atoms with Crippen LogP contribution < -0.4 is 5.32 Å². The molecule has 92 valence electrons. The monoisotopic (exact) mass is 295 g/mol. The predicted octanol–water partition coefficient (Wildman–Crippen LogP) is 3.37. The van der Waals surface area contributed by atoms with Crippen molar-refractivity contribution in [2.45, 2.75) is 30.5 Å². The lowest BCUT2D eigenvalue weighted by molar-refractivity contribution is 0.0944. The smallest absolute Gasteiger partial charge is 0.251 e. The van der Waals surface area contributed by atoms with Gasteiger partial charge in [0.2, 0.25) is 0 Å². The van der Waals surface area contributed by atoms with Crippen molar-refractivity contribution >= 4 is 21.8 Å². The first-order chi connectivity index (χ1) is 8.27. The van der Waals surface area contributed by atoms with Gasteiger partial charge in [0.15, 0.2) is 0 Å². The number of halogens is 1. The van der Waals surface area contributed by atoms with Crippen LogP contribution >= 0.6 is 15.9 Å². The molecule has 1 N–H and O–H groups in total. The Balaban J connectivity index is 1.84. The lowest BCUT2D eigenvalue weighted by Crippen LogP contribution is -2.34. The molecule has 1 aliphatic rings. The number of amides is 1. The molecule has 2 nitrogen and oxygen atoms in total. The third-order valence-electron chi connectivity index (χ3n) is 3.38. The molecule has 2 unspecified atom stereocenters. The molecule has 0 heterocycles. The summed E-state index contributed by atoms with van der Waals surface area (Å²) in [5, 5.41) is 3.03. The summed E-state index contributed by atoms with van der Waals surface area (Å²) in [6.45, 7) is 0.781. The molecule has 0 radical (unpaired) electrons. The minimum Gasteiger partial charge on any atom is -0.352 e. The summed E-state index contributed by atoms with van der Waals surface area (Å²) in [4.78, 5) is 12.4. The molecule has 1 saturated carbocycles. The van der Waals surface area contributed by atoms with Crippen molar-refractivity contribution in [3.05, 3.63) is 35.9 Å². The zero-order valence-corrected chi connectivity index (χ0v) is 11.4. The van der Waals surface area contributed by atoms with Crippen molar-refractivity contribution in [1.82, 2.24) is 5.32 Å². The summed E-state index contributed by atoms with van der Waals surface area (Å²) in [7, 11) is 0. The van der Waals surface area contributed by atoms with E-state index < -0.39 is 0 Å². The minimum atomic E-state index is 0.0378. The Morgan fingerprint density at radius 3 is 2.65 bits per heavy atom. The average molecular weight is 296 g/mol. The first-order valence-electron chi connectivity index (χ1n) is 6.24. The van der Waals surface area contributed by atoms with E-state index in [1.165, 1.54) is 25.7 Å². The maximum atomic E-state index is 11.9. The second-order valence-electron chi connectivity index (χ2n) is 4.64. The van der Waals surface area contributed by atoms with Crippen LogP contribution in [0.25, 0.3) is 0 Å². The number of alkyl halides is 1. The van der Waals surface area contributed by atoms with Crippen LogP contribution in [0.15, 0.2) is 30.3 Å². The molecular formula is C14H18BrNO. The molecule has 1 aromatic carbocycles. The number of nitrogens with one attached hydrogen (secondary N) is 1. The fourth-order valence-electron chi connectivity index (χ4n) is 2.31. The van der Waals surface area contributed by atoms with Crippen LogP contribution in [-0.4, -0.2) is 17.3 Å². The van der Waals surface area contributed by atoms with E-state index in [0.29, 0.717) is 10.7 Å². The molecule has 1 fully saturated rings. The van der Waals surface area contributed by atoms with Crippen molar-refractivity contribution < 1.29 is 4.79 Å². The molecule has 0 saturated heterocycles. The predicted molar refractivity (Wildman–Crippen MR) is 73.4 cm³/mol. The molecule has 0 aromatic heterocycles. The summed E-state index contributed by atoms with van der Waals surface area (Å²) < 4.78 is 0. The Hall–Kier alpha value is -0.830. The van der Waals surface area contributed by atoms with Crippen molar-refractivity contribution in [2.24, 2.45) is 5.92 Å². The summed E-state index contributed by atoms with van der Waals surface area (Å²) in [6, 6.07) is 9.40. The molecule has 1 aliphatic carbocycles. The number of benzene rings is 1. The lowest BCUT2D eigenvalue weighted by Gasteiger charge is -2.27. The molecule has 0 aliphatic heterocycles. The number of carbonyl (C=O) groups is 1. The Labute approximate surface area is 111 Å². The minimum absolute atomic E-state index is 0.0378. The second kappa shape index (κ2) is 6.20. The highest BCUT2D eigenvalue weighted by atomic mass is 79.9. The molecule has 0 spiro atoms. The van der Waals surface area contributed by atoms with E-state index in [1.54, 1.807) is 0 Å². The first-order valence-corrected chi connectivity index (χ1v) is 7.16. The average Bonchev–Trinajstić information content (AvgIpc) is 2.38. The van der Waals surface area contributed by atoms with Crippen molar-refractivity contribution in [1.29, 1.82) is 0 Å². The molecule has 2 atom stereocenters. The van der Waals surface area contributed by atoms with E-state index in [9.17, 15) is 4.79 Å². The first kappa shape index (κ1) is 12.6. The van der Waals surface area contributed by atoms with Gasteiger partial charge in [0.1, 0.15) is 0 Å². The maximum Gasteiger partial charge on any atom is 0.251 e. The van der Waals surface area contributed by atoms with E-state index in [-0.39, 0.29) is 5.91 Å². The maximum absolute atomic E-state index is 11.9. The van der Waals surface area contributed by atoms with Crippen LogP contribution in [0.1, 0.15) is 36.0 Å². The molecule has 0 bridgehead atoms. The van der Waals surface area contributed by atoms with Gasteiger partial charge in [-0.25, -0.2) is 0 Å². The van der Waals surface area contributed by atoms with Crippen LogP contribution in [0.4, 0.5) is 0 Å². The van der Waals surface area contributed by atoms with Crippen molar-refractivity contribution in [3.63, 3.8) is 0 Å². The highest BCUT2D eigenvalue weighted by Crippen LogP contribution is 2.29. The van der Waals surface area contributed by atoms with E-state index in [4.69, 9.17) is 0 Å². The third-order valence-corrected chi connectivity index (χ3v) is 4.58. The fourth-order valence-corrected chi connectivity index (χ4v) is 3.08. The fraction of sp³-hybridized carbons (Fsp3) is 0.500. The second-order valence-corrected chi connectivity index (χ2v) is 5.81. The molecule has 2 rings (SSSR count). The quantitative estimate of drug-likeness (QED) is 0.851. The SMILES string of the molecule is O=C(NCC1CCCCC1Br)c1ccccc1. The summed E-state index contributed by atoms with van der Waals surface area (Å²) in [6.07, 6.45) is 5.03. The van der Waals surface area contributed by atoms with Crippen LogP contribution in [0.2, 0.25) is 0 Å². The number of rotatable bonds is 3. The van der Waals surface area contributed by atoms with Gasteiger partial charge in [-0.3, -0.25) is 4.79 Å².